The Hall–Kier alpha value is -0.510. The first-order valence-corrected chi connectivity index (χ1v) is 4.21. The van der Waals surface area contributed by atoms with Gasteiger partial charge in [0.2, 0.25) is 0 Å². The average molecular weight is 219 g/mol. The number of rotatable bonds is 5. The van der Waals surface area contributed by atoms with E-state index in [1.165, 1.54) is 12.1 Å². The van der Waals surface area contributed by atoms with E-state index < -0.39 is 25.2 Å². The number of carboxylic acid groups (broad SMARTS) is 1. The first-order chi connectivity index (χ1) is 7.81. The van der Waals surface area contributed by atoms with Crippen molar-refractivity contribution in [3.05, 3.63) is 29.8 Å². The minimum atomic E-state index is -2.15. The Bertz CT molecular complexity index is 412. The van der Waals surface area contributed by atoms with Crippen LogP contribution < -0.4 is 34.7 Å². The predicted octanol–water partition coefficient (Wildman–Crippen LogP) is -2.14. The normalized spacial score (nSPS) is 15.3. The summed E-state index contributed by atoms with van der Waals surface area (Å²) < 4.78 is 22.6. The average Bonchev–Trinajstić information content (AvgIpc) is 2.15. The second kappa shape index (κ2) is 7.74. The molecule has 1 rings (SSSR count). The Morgan fingerprint density at radius 3 is 2.87 bits per heavy atom. The van der Waals surface area contributed by atoms with Gasteiger partial charge >= 0.3 is 29.6 Å². The molecule has 0 spiro atoms. The number of phenolic OH excluding ortho intramolecular Hbond substituents is 1. The number of aryl methyl sites for hydroxylation is 1. The maximum absolute atomic E-state index is 10.4. The zero-order valence-electron chi connectivity index (χ0n) is 11.6. The number of phenols is 1. The number of hydrogen-bond acceptors (Lipinski definition) is 3. The van der Waals surface area contributed by atoms with Crippen LogP contribution in [0, 0.1) is 0 Å². The third-order valence-electron chi connectivity index (χ3n) is 1.64. The van der Waals surface area contributed by atoms with Gasteiger partial charge in [-0.05, 0) is 43.3 Å². The Balaban J connectivity index is 0.00000289. The maximum Gasteiger partial charge on any atom is 1.00 e. The number of hydrogen-bond donors (Lipinski definition) is 1. The molecule has 76 valence electrons. The van der Waals surface area contributed by atoms with Gasteiger partial charge in [-0.3, -0.25) is 0 Å². The van der Waals surface area contributed by atoms with Gasteiger partial charge in [0.25, 0.3) is 0 Å². The number of aromatic hydroxyl groups is 1. The third kappa shape index (κ3) is 6.55. The van der Waals surface area contributed by atoms with Gasteiger partial charge in [0.05, 0.1) is 0 Å². The first kappa shape index (κ1) is 9.70. The summed E-state index contributed by atoms with van der Waals surface area (Å²) >= 11 is 0. The fourth-order valence-electron chi connectivity index (χ4n) is 1.03. The van der Waals surface area contributed by atoms with Crippen molar-refractivity contribution in [2.45, 2.75) is 25.6 Å². The molecule has 0 aromatic heterocycles. The summed E-state index contributed by atoms with van der Waals surface area (Å²) in [5.41, 5.74) is 0.590. The monoisotopic (exact) mass is 219 g/mol. The standard InChI is InChI=1S/C11H14O3.Na/c12-10-6-3-5-9(8-10)4-1-2-7-11(13)14;/h3,5-6,8,12H,1-2,4,7H2,(H,13,14);/q;+1/p-1/i1D,2D2;. The molecule has 1 aromatic rings. The van der Waals surface area contributed by atoms with Crippen LogP contribution >= 0.6 is 0 Å². The largest absolute Gasteiger partial charge is 1.00 e. The summed E-state index contributed by atoms with van der Waals surface area (Å²) in [6, 6.07) is 6.14. The number of carbonyl (C=O) groups is 1. The molecule has 4 heteroatoms. The molecule has 1 atom stereocenters. The summed E-state index contributed by atoms with van der Waals surface area (Å²) in [4.78, 5) is 10.4. The molecule has 0 amide bonds. The molecule has 3 nitrogen and oxygen atoms in total. The van der Waals surface area contributed by atoms with E-state index in [0.717, 1.165) is 0 Å². The summed E-state index contributed by atoms with van der Waals surface area (Å²) in [6.07, 6.45) is -4.14. The van der Waals surface area contributed by atoms with E-state index in [9.17, 15) is 15.0 Å². The van der Waals surface area contributed by atoms with Crippen LogP contribution in [-0.2, 0) is 11.2 Å². The molecule has 0 fully saturated rings. The van der Waals surface area contributed by atoms with E-state index >= 15 is 0 Å². The van der Waals surface area contributed by atoms with E-state index in [4.69, 9.17) is 4.11 Å². The van der Waals surface area contributed by atoms with Gasteiger partial charge in [0.15, 0.2) is 0 Å². The van der Waals surface area contributed by atoms with Crippen molar-refractivity contribution in [3.8, 4) is 5.75 Å². The van der Waals surface area contributed by atoms with Crippen molar-refractivity contribution in [1.82, 2.24) is 0 Å². The van der Waals surface area contributed by atoms with E-state index in [2.05, 4.69) is 0 Å². The van der Waals surface area contributed by atoms with Crippen LogP contribution in [0.25, 0.3) is 0 Å². The van der Waals surface area contributed by atoms with Gasteiger partial charge in [-0.15, -0.1) is 0 Å². The van der Waals surface area contributed by atoms with E-state index in [-0.39, 0.29) is 41.7 Å². The molecule has 1 N–H and O–H groups in total. The van der Waals surface area contributed by atoms with E-state index in [1.54, 1.807) is 12.1 Å². The molecule has 1 aromatic carbocycles. The Kier molecular flexibility index (Phi) is 5.00. The number of benzene rings is 1. The smallest absolute Gasteiger partial charge is 0.550 e. The van der Waals surface area contributed by atoms with Gasteiger partial charge in [0, 0.05) is 10.1 Å². The fraction of sp³-hybridized carbons (Fsp3) is 0.364. The summed E-state index contributed by atoms with van der Waals surface area (Å²) in [5, 5.41) is 19.6. The zero-order valence-corrected chi connectivity index (χ0v) is 10.6. The Morgan fingerprint density at radius 2 is 2.27 bits per heavy atom. The van der Waals surface area contributed by atoms with Crippen molar-refractivity contribution < 1.29 is 48.7 Å². The molecule has 0 aliphatic carbocycles. The Morgan fingerprint density at radius 1 is 1.53 bits per heavy atom. The van der Waals surface area contributed by atoms with Crippen molar-refractivity contribution in [3.63, 3.8) is 0 Å². The summed E-state index contributed by atoms with van der Waals surface area (Å²) in [6.45, 7) is 0. The quantitative estimate of drug-likeness (QED) is 0.575. The molecule has 0 saturated carbocycles. The second-order valence-electron chi connectivity index (χ2n) is 2.83. The minimum Gasteiger partial charge on any atom is -0.550 e. The second-order valence-corrected chi connectivity index (χ2v) is 2.83. The maximum atomic E-state index is 10.4. The topological polar surface area (TPSA) is 60.4 Å². The van der Waals surface area contributed by atoms with E-state index in [1.807, 2.05) is 0 Å². The van der Waals surface area contributed by atoms with Crippen LogP contribution in [0.5, 0.6) is 5.75 Å². The van der Waals surface area contributed by atoms with Gasteiger partial charge < -0.3 is 15.0 Å². The summed E-state index contributed by atoms with van der Waals surface area (Å²) in [7, 11) is 0. The van der Waals surface area contributed by atoms with Crippen molar-refractivity contribution in [2.24, 2.45) is 0 Å². The van der Waals surface area contributed by atoms with Crippen LogP contribution in [0.4, 0.5) is 0 Å². The van der Waals surface area contributed by atoms with Gasteiger partial charge in [0.1, 0.15) is 5.75 Å². The fourth-order valence-corrected chi connectivity index (χ4v) is 1.03. The molecule has 0 aliphatic rings. The molecular formula is C11H13NaO3. The molecule has 0 bridgehead atoms. The SMILES string of the molecule is [2H]C(Cc1cccc(O)c1)C([2H])([2H])CC(=O)[O-].[Na+]. The van der Waals surface area contributed by atoms with Crippen molar-refractivity contribution in [2.75, 3.05) is 0 Å². The van der Waals surface area contributed by atoms with Gasteiger partial charge in [-0.1, -0.05) is 12.1 Å². The molecule has 0 aliphatic heterocycles. The summed E-state index contributed by atoms with van der Waals surface area (Å²) in [5.74, 6) is -1.47. The molecule has 1 unspecified atom stereocenters. The van der Waals surface area contributed by atoms with Crippen LogP contribution in [0.15, 0.2) is 24.3 Å². The molecule has 15 heavy (non-hydrogen) atoms. The van der Waals surface area contributed by atoms with Crippen molar-refractivity contribution in [1.29, 1.82) is 0 Å². The number of aliphatic carboxylic acids is 1. The Labute approximate surface area is 116 Å². The predicted molar refractivity (Wildman–Crippen MR) is 50.7 cm³/mol. The van der Waals surface area contributed by atoms with Crippen LogP contribution in [0.1, 0.15) is 28.9 Å². The third-order valence-corrected chi connectivity index (χ3v) is 1.64. The first-order valence-electron chi connectivity index (χ1n) is 5.79. The minimum absolute atomic E-state index is 0. The van der Waals surface area contributed by atoms with Crippen LogP contribution in [0.2, 0.25) is 0 Å². The number of carbonyl (C=O) groups excluding carboxylic acids is 1. The van der Waals surface area contributed by atoms with Crippen molar-refractivity contribution >= 4 is 5.97 Å². The number of carboxylic acids is 1. The molecule has 0 saturated heterocycles. The molecular weight excluding hydrogens is 203 g/mol. The molecule has 0 radical (unpaired) electrons. The van der Waals surface area contributed by atoms with Crippen LogP contribution in [-0.4, -0.2) is 11.1 Å². The van der Waals surface area contributed by atoms with Gasteiger partial charge in [-0.2, -0.15) is 0 Å². The molecule has 0 heterocycles. The zero-order chi connectivity index (χ0) is 13.1. The van der Waals surface area contributed by atoms with Crippen LogP contribution in [0.3, 0.4) is 0 Å². The van der Waals surface area contributed by atoms with E-state index in [0.29, 0.717) is 5.56 Å². The van der Waals surface area contributed by atoms with Gasteiger partial charge in [-0.25, -0.2) is 0 Å².